The summed E-state index contributed by atoms with van der Waals surface area (Å²) in [7, 11) is 0. The van der Waals surface area contributed by atoms with Gasteiger partial charge in [-0.1, -0.05) is 58.9 Å². The van der Waals surface area contributed by atoms with Gasteiger partial charge in [-0.3, -0.25) is 4.90 Å². The molecule has 0 bridgehead atoms. The fourth-order valence-electron chi connectivity index (χ4n) is 2.84. The minimum Gasteiger partial charge on any atom is -0.399 e. The van der Waals surface area contributed by atoms with Crippen LogP contribution in [0.15, 0.2) is 42.5 Å². The fourth-order valence-corrected chi connectivity index (χ4v) is 2.84. The molecular weight excluding hydrogens is 335 g/mol. The van der Waals surface area contributed by atoms with E-state index in [1.165, 1.54) is 23.3 Å². The number of nitrogens with two attached hydrogens (primary N) is 1. The van der Waals surface area contributed by atoms with Crippen LogP contribution in [-0.2, 0) is 13.0 Å². The van der Waals surface area contributed by atoms with Crippen molar-refractivity contribution in [3.63, 3.8) is 0 Å². The Labute approximate surface area is 166 Å². The normalized spacial score (nSPS) is 9.93. The molecule has 2 N–H and O–H groups in total. The van der Waals surface area contributed by atoms with Crippen LogP contribution in [0.25, 0.3) is 0 Å². The van der Waals surface area contributed by atoms with Gasteiger partial charge >= 0.3 is 0 Å². The molecule has 0 fully saturated rings. The molecule has 0 heterocycles. The van der Waals surface area contributed by atoms with Crippen molar-refractivity contribution >= 4 is 5.69 Å². The SMILES string of the molecule is CC.CC.CCCN(CCCc1ccc(F)cc1)Cc1ccc(N)c(C)c1. The number of nitrogen functional groups attached to an aromatic ring is 1. The Bertz CT molecular complexity index is 608. The standard InChI is InChI=1S/C20H27FN2.2C2H6/c1-3-12-23(15-18-8-11-20(22)16(2)14-18)13-4-5-17-6-9-19(21)10-7-17;2*1-2/h6-11,14H,3-5,12-13,15,22H2,1-2H3;2*1-2H3. The zero-order valence-corrected chi connectivity index (χ0v) is 18.2. The summed E-state index contributed by atoms with van der Waals surface area (Å²) >= 11 is 0. The number of anilines is 1. The van der Waals surface area contributed by atoms with Gasteiger partial charge in [-0.2, -0.15) is 0 Å². The lowest BCUT2D eigenvalue weighted by Crippen LogP contribution is -2.25. The molecule has 0 saturated heterocycles. The molecule has 2 aromatic carbocycles. The van der Waals surface area contributed by atoms with Gasteiger partial charge in [0.2, 0.25) is 0 Å². The van der Waals surface area contributed by atoms with Crippen LogP contribution in [0.5, 0.6) is 0 Å². The predicted octanol–water partition coefficient (Wildman–Crippen LogP) is 6.61. The summed E-state index contributed by atoms with van der Waals surface area (Å²) in [6.07, 6.45) is 3.21. The summed E-state index contributed by atoms with van der Waals surface area (Å²) < 4.78 is 12.9. The van der Waals surface area contributed by atoms with Crippen molar-refractivity contribution in [2.75, 3.05) is 18.8 Å². The van der Waals surface area contributed by atoms with Gasteiger partial charge in [0.15, 0.2) is 0 Å². The molecule has 0 saturated carbocycles. The topological polar surface area (TPSA) is 29.3 Å². The Hall–Kier alpha value is -1.87. The number of benzene rings is 2. The van der Waals surface area contributed by atoms with Crippen LogP contribution in [0.3, 0.4) is 0 Å². The molecule has 2 aromatic rings. The molecule has 0 spiro atoms. The Morgan fingerprint density at radius 2 is 1.48 bits per heavy atom. The van der Waals surface area contributed by atoms with E-state index in [-0.39, 0.29) is 5.82 Å². The first-order valence-electron chi connectivity index (χ1n) is 10.4. The summed E-state index contributed by atoms with van der Waals surface area (Å²) in [6.45, 7) is 15.4. The van der Waals surface area contributed by atoms with E-state index in [4.69, 9.17) is 5.73 Å². The molecule has 2 rings (SSSR count). The molecule has 0 aromatic heterocycles. The Morgan fingerprint density at radius 3 is 2.04 bits per heavy atom. The molecule has 0 aliphatic carbocycles. The van der Waals surface area contributed by atoms with Crippen molar-refractivity contribution in [1.82, 2.24) is 4.90 Å². The predicted molar refractivity (Wildman–Crippen MR) is 119 cm³/mol. The van der Waals surface area contributed by atoms with Gasteiger partial charge in [0.1, 0.15) is 5.82 Å². The van der Waals surface area contributed by atoms with Gasteiger partial charge in [-0.15, -0.1) is 0 Å². The minimum atomic E-state index is -0.167. The van der Waals surface area contributed by atoms with Crippen molar-refractivity contribution in [3.05, 3.63) is 65.0 Å². The summed E-state index contributed by atoms with van der Waals surface area (Å²) in [4.78, 5) is 2.48. The van der Waals surface area contributed by atoms with Crippen molar-refractivity contribution in [3.8, 4) is 0 Å². The second-order valence-corrected chi connectivity index (χ2v) is 6.20. The smallest absolute Gasteiger partial charge is 0.123 e. The average molecular weight is 375 g/mol. The van der Waals surface area contributed by atoms with Crippen molar-refractivity contribution in [2.24, 2.45) is 0 Å². The number of hydrogen-bond donors (Lipinski definition) is 1. The molecular formula is C24H39FN2. The van der Waals surface area contributed by atoms with Crippen molar-refractivity contribution in [2.45, 2.75) is 67.3 Å². The summed E-state index contributed by atoms with van der Waals surface area (Å²) in [5.74, 6) is -0.167. The zero-order valence-electron chi connectivity index (χ0n) is 18.2. The molecule has 0 radical (unpaired) electrons. The maximum atomic E-state index is 12.9. The van der Waals surface area contributed by atoms with Gasteiger partial charge in [-0.05, 0) is 74.2 Å². The molecule has 152 valence electrons. The van der Waals surface area contributed by atoms with Crippen LogP contribution in [-0.4, -0.2) is 18.0 Å². The number of rotatable bonds is 8. The zero-order chi connectivity index (χ0) is 20.7. The highest BCUT2D eigenvalue weighted by atomic mass is 19.1. The van der Waals surface area contributed by atoms with Gasteiger partial charge in [0.05, 0.1) is 0 Å². The third-order valence-electron chi connectivity index (χ3n) is 4.13. The highest BCUT2D eigenvalue weighted by Crippen LogP contribution is 2.15. The third kappa shape index (κ3) is 10.1. The second-order valence-electron chi connectivity index (χ2n) is 6.20. The molecule has 2 nitrogen and oxygen atoms in total. The molecule has 0 amide bonds. The van der Waals surface area contributed by atoms with E-state index >= 15 is 0 Å². The first-order valence-corrected chi connectivity index (χ1v) is 10.4. The van der Waals surface area contributed by atoms with Gasteiger partial charge < -0.3 is 5.73 Å². The Balaban J connectivity index is 0.00000158. The fraction of sp³-hybridized carbons (Fsp3) is 0.500. The Morgan fingerprint density at radius 1 is 0.889 bits per heavy atom. The van der Waals surface area contributed by atoms with E-state index in [1.54, 1.807) is 0 Å². The first kappa shape index (κ1) is 25.1. The molecule has 3 heteroatoms. The average Bonchev–Trinajstić information content (AvgIpc) is 2.69. The van der Waals surface area contributed by atoms with E-state index in [0.29, 0.717) is 0 Å². The third-order valence-corrected chi connectivity index (χ3v) is 4.13. The van der Waals surface area contributed by atoms with Crippen LogP contribution in [0.4, 0.5) is 10.1 Å². The lowest BCUT2D eigenvalue weighted by molar-refractivity contribution is 0.262. The van der Waals surface area contributed by atoms with E-state index < -0.39 is 0 Å². The summed E-state index contributed by atoms with van der Waals surface area (Å²) in [5, 5.41) is 0. The van der Waals surface area contributed by atoms with E-state index in [2.05, 4.69) is 30.9 Å². The van der Waals surface area contributed by atoms with Crippen LogP contribution in [0.2, 0.25) is 0 Å². The number of nitrogens with zero attached hydrogens (tertiary/aromatic N) is 1. The van der Waals surface area contributed by atoms with E-state index in [1.807, 2.05) is 45.9 Å². The van der Waals surface area contributed by atoms with Crippen molar-refractivity contribution in [1.29, 1.82) is 0 Å². The molecule has 0 unspecified atom stereocenters. The van der Waals surface area contributed by atoms with Crippen LogP contribution in [0, 0.1) is 12.7 Å². The lowest BCUT2D eigenvalue weighted by Gasteiger charge is -2.22. The van der Waals surface area contributed by atoms with E-state index in [0.717, 1.165) is 50.1 Å². The van der Waals surface area contributed by atoms with Crippen LogP contribution >= 0.6 is 0 Å². The summed E-state index contributed by atoms with van der Waals surface area (Å²) in [5.41, 5.74) is 10.4. The quantitative estimate of drug-likeness (QED) is 0.526. The summed E-state index contributed by atoms with van der Waals surface area (Å²) in [6, 6.07) is 13.1. The molecule has 27 heavy (non-hydrogen) atoms. The monoisotopic (exact) mass is 374 g/mol. The number of halogens is 1. The van der Waals surface area contributed by atoms with Gasteiger partial charge in [0.25, 0.3) is 0 Å². The van der Waals surface area contributed by atoms with Crippen LogP contribution < -0.4 is 5.73 Å². The van der Waals surface area contributed by atoms with Gasteiger partial charge in [-0.25, -0.2) is 4.39 Å². The molecule has 0 aliphatic rings. The van der Waals surface area contributed by atoms with E-state index in [9.17, 15) is 4.39 Å². The molecule has 0 aliphatic heterocycles. The van der Waals surface area contributed by atoms with Gasteiger partial charge in [0, 0.05) is 12.2 Å². The number of hydrogen-bond acceptors (Lipinski definition) is 2. The molecule has 0 atom stereocenters. The highest BCUT2D eigenvalue weighted by Gasteiger charge is 2.06. The van der Waals surface area contributed by atoms with Crippen molar-refractivity contribution < 1.29 is 4.39 Å². The largest absolute Gasteiger partial charge is 0.399 e. The lowest BCUT2D eigenvalue weighted by atomic mass is 10.1. The number of aryl methyl sites for hydroxylation is 2. The highest BCUT2D eigenvalue weighted by molar-refractivity contribution is 5.47. The van der Waals surface area contributed by atoms with Crippen LogP contribution in [0.1, 0.15) is 64.2 Å². The minimum absolute atomic E-state index is 0.167. The maximum Gasteiger partial charge on any atom is 0.123 e. The first-order chi connectivity index (χ1) is 13.1. The maximum absolute atomic E-state index is 12.9. The Kier molecular flexibility index (Phi) is 14.2. The second kappa shape index (κ2) is 15.2.